The number of carbonyl (C=O) groups is 1. The fourth-order valence-corrected chi connectivity index (χ4v) is 2.56. The Morgan fingerprint density at radius 2 is 1.43 bits per heavy atom. The van der Waals surface area contributed by atoms with Gasteiger partial charge >= 0.3 is 18.4 Å². The molecule has 2 aromatic carbocycles. The first kappa shape index (κ1) is 23.2. The molecule has 2 amide bonds. The van der Waals surface area contributed by atoms with Crippen LogP contribution in [0, 0.1) is 0 Å². The highest BCUT2D eigenvalue weighted by atomic mass is 19.4. The maximum atomic E-state index is 12.9. The summed E-state index contributed by atoms with van der Waals surface area (Å²) in [6.45, 7) is 0.0758. The predicted octanol–water partition coefficient (Wildman–Crippen LogP) is 5.11. The zero-order valence-electron chi connectivity index (χ0n) is 15.9. The number of methoxy groups -OCH3 is 2. The van der Waals surface area contributed by atoms with Crippen LogP contribution in [0.25, 0.3) is 0 Å². The van der Waals surface area contributed by atoms with Crippen molar-refractivity contribution in [3.05, 3.63) is 53.1 Å². The van der Waals surface area contributed by atoms with Crippen LogP contribution in [0.4, 0.5) is 36.8 Å². The van der Waals surface area contributed by atoms with Gasteiger partial charge in [0.25, 0.3) is 0 Å². The lowest BCUT2D eigenvalue weighted by Crippen LogP contribution is -2.30. The summed E-state index contributed by atoms with van der Waals surface area (Å²) in [5.41, 5.74) is -2.89. The molecule has 0 bridgehead atoms. The van der Waals surface area contributed by atoms with Gasteiger partial charge in [0.15, 0.2) is 11.5 Å². The summed E-state index contributed by atoms with van der Waals surface area (Å²) in [6.07, 6.45) is -9.66. The van der Waals surface area contributed by atoms with Crippen molar-refractivity contribution in [3.63, 3.8) is 0 Å². The number of urea groups is 1. The molecule has 0 spiro atoms. The van der Waals surface area contributed by atoms with Gasteiger partial charge in [-0.25, -0.2) is 4.79 Å². The van der Waals surface area contributed by atoms with Gasteiger partial charge in [-0.1, -0.05) is 6.07 Å². The van der Waals surface area contributed by atoms with E-state index < -0.39 is 35.2 Å². The Kier molecular flexibility index (Phi) is 7.06. The molecule has 0 saturated heterocycles. The molecule has 0 unspecified atom stereocenters. The van der Waals surface area contributed by atoms with E-state index in [4.69, 9.17) is 9.47 Å². The summed E-state index contributed by atoms with van der Waals surface area (Å²) < 4.78 is 87.4. The van der Waals surface area contributed by atoms with Gasteiger partial charge in [0, 0.05) is 12.2 Å². The fourth-order valence-electron chi connectivity index (χ4n) is 2.56. The van der Waals surface area contributed by atoms with Crippen LogP contribution in [-0.4, -0.2) is 26.8 Å². The molecular weight excluding hydrogens is 418 g/mol. The molecule has 0 fully saturated rings. The minimum atomic E-state index is -5.00. The lowest BCUT2D eigenvalue weighted by molar-refractivity contribution is -0.143. The molecule has 2 rings (SSSR count). The van der Waals surface area contributed by atoms with Crippen molar-refractivity contribution in [2.45, 2.75) is 18.8 Å². The van der Waals surface area contributed by atoms with E-state index in [1.165, 1.54) is 14.2 Å². The van der Waals surface area contributed by atoms with Crippen molar-refractivity contribution >= 4 is 11.7 Å². The van der Waals surface area contributed by atoms with Crippen molar-refractivity contribution < 1.29 is 40.6 Å². The van der Waals surface area contributed by atoms with E-state index in [2.05, 4.69) is 5.32 Å². The number of carbonyl (C=O) groups excluding carboxylic acids is 1. The average molecular weight is 436 g/mol. The quantitative estimate of drug-likeness (QED) is 0.619. The average Bonchev–Trinajstić information content (AvgIpc) is 2.66. The smallest absolute Gasteiger partial charge is 0.416 e. The number of hydrogen-bond donors (Lipinski definition) is 2. The van der Waals surface area contributed by atoms with E-state index in [1.807, 2.05) is 5.32 Å². The molecule has 0 radical (unpaired) electrons. The first-order valence-electron chi connectivity index (χ1n) is 8.49. The number of rotatable bonds is 6. The molecule has 0 heterocycles. The van der Waals surface area contributed by atoms with Crippen LogP contribution >= 0.6 is 0 Å². The lowest BCUT2D eigenvalue weighted by atomic mass is 10.1. The van der Waals surface area contributed by atoms with Crippen molar-refractivity contribution in [3.8, 4) is 11.5 Å². The minimum absolute atomic E-state index is 0.0137. The van der Waals surface area contributed by atoms with Gasteiger partial charge in [0.2, 0.25) is 0 Å². The van der Waals surface area contributed by atoms with Crippen molar-refractivity contribution in [2.24, 2.45) is 0 Å². The summed E-state index contributed by atoms with van der Waals surface area (Å²) >= 11 is 0. The van der Waals surface area contributed by atoms with Gasteiger partial charge in [-0.05, 0) is 42.3 Å². The maximum Gasteiger partial charge on any atom is 0.416 e. The number of nitrogens with one attached hydrogen (secondary N) is 2. The number of anilines is 1. The Labute approximate surface area is 168 Å². The number of ether oxygens (including phenoxy) is 2. The van der Waals surface area contributed by atoms with Gasteiger partial charge < -0.3 is 20.1 Å². The van der Waals surface area contributed by atoms with E-state index >= 15 is 0 Å². The summed E-state index contributed by atoms with van der Waals surface area (Å²) in [4.78, 5) is 11.9. The SMILES string of the molecule is COc1ccc(CCNC(=O)Nc2cc(C(F)(F)F)cc(C(F)(F)F)c2)cc1OC. The number of hydrogen-bond acceptors (Lipinski definition) is 3. The van der Waals surface area contributed by atoms with Gasteiger partial charge in [0.05, 0.1) is 25.3 Å². The fraction of sp³-hybridized carbons (Fsp3) is 0.316. The number of benzene rings is 2. The monoisotopic (exact) mass is 436 g/mol. The molecule has 0 atom stereocenters. The van der Waals surface area contributed by atoms with Crippen LogP contribution in [-0.2, 0) is 18.8 Å². The third-order valence-electron chi connectivity index (χ3n) is 3.99. The molecule has 5 nitrogen and oxygen atoms in total. The van der Waals surface area contributed by atoms with Crippen LogP contribution in [0.5, 0.6) is 11.5 Å². The molecular formula is C19H18F6N2O3. The number of halogens is 6. The minimum Gasteiger partial charge on any atom is -0.493 e. The second-order valence-electron chi connectivity index (χ2n) is 6.11. The maximum absolute atomic E-state index is 12.9. The van der Waals surface area contributed by atoms with E-state index in [0.717, 1.165) is 5.56 Å². The third kappa shape index (κ3) is 6.19. The zero-order chi connectivity index (χ0) is 22.5. The summed E-state index contributed by atoms with van der Waals surface area (Å²) in [6, 6.07) is 4.98. The molecule has 0 saturated carbocycles. The third-order valence-corrected chi connectivity index (χ3v) is 3.99. The first-order valence-corrected chi connectivity index (χ1v) is 8.49. The second kappa shape index (κ2) is 9.14. The highest BCUT2D eigenvalue weighted by Crippen LogP contribution is 2.37. The molecule has 11 heteroatoms. The summed E-state index contributed by atoms with van der Waals surface area (Å²) in [7, 11) is 2.93. The van der Waals surface area contributed by atoms with Crippen LogP contribution in [0.3, 0.4) is 0 Å². The standard InChI is InChI=1S/C19H18F6N2O3/c1-29-15-4-3-11(7-16(15)30-2)5-6-26-17(28)27-14-9-12(18(20,21)22)8-13(10-14)19(23,24)25/h3-4,7-10H,5-6H2,1-2H3,(H2,26,27,28). The molecule has 164 valence electrons. The van der Waals surface area contributed by atoms with Gasteiger partial charge in [0.1, 0.15) is 0 Å². The highest BCUT2D eigenvalue weighted by Gasteiger charge is 2.37. The molecule has 0 aromatic heterocycles. The number of amides is 2. The van der Waals surface area contributed by atoms with Crippen molar-refractivity contribution in [2.75, 3.05) is 26.1 Å². The van der Waals surface area contributed by atoms with Crippen LogP contribution in [0.1, 0.15) is 16.7 Å². The Morgan fingerprint density at radius 1 is 0.867 bits per heavy atom. The van der Waals surface area contributed by atoms with Gasteiger partial charge in [-0.2, -0.15) is 26.3 Å². The van der Waals surface area contributed by atoms with Crippen LogP contribution in [0.2, 0.25) is 0 Å². The molecule has 0 aliphatic rings. The second-order valence-corrected chi connectivity index (χ2v) is 6.11. The molecule has 0 aliphatic heterocycles. The molecule has 2 N–H and O–H groups in total. The Balaban J connectivity index is 2.04. The topological polar surface area (TPSA) is 59.6 Å². The van der Waals surface area contributed by atoms with E-state index in [9.17, 15) is 31.1 Å². The molecule has 30 heavy (non-hydrogen) atoms. The normalized spacial score (nSPS) is 11.7. The summed E-state index contributed by atoms with van der Waals surface area (Å²) in [5.74, 6) is 0.986. The summed E-state index contributed by atoms with van der Waals surface area (Å²) in [5, 5.41) is 4.38. The van der Waals surface area contributed by atoms with Crippen LogP contribution in [0.15, 0.2) is 36.4 Å². The molecule has 0 aliphatic carbocycles. The number of alkyl halides is 6. The van der Waals surface area contributed by atoms with Gasteiger partial charge in [-0.15, -0.1) is 0 Å². The van der Waals surface area contributed by atoms with E-state index in [-0.39, 0.29) is 12.6 Å². The largest absolute Gasteiger partial charge is 0.493 e. The van der Waals surface area contributed by atoms with E-state index in [1.54, 1.807) is 18.2 Å². The van der Waals surface area contributed by atoms with Gasteiger partial charge in [-0.3, -0.25) is 0 Å². The highest BCUT2D eigenvalue weighted by molar-refractivity contribution is 5.89. The Morgan fingerprint density at radius 3 is 1.93 bits per heavy atom. The van der Waals surface area contributed by atoms with Crippen LogP contribution < -0.4 is 20.1 Å². The Hall–Kier alpha value is -3.11. The zero-order valence-corrected chi connectivity index (χ0v) is 15.9. The lowest BCUT2D eigenvalue weighted by Gasteiger charge is -2.15. The first-order chi connectivity index (χ1) is 13.9. The van der Waals surface area contributed by atoms with Crippen molar-refractivity contribution in [1.29, 1.82) is 0 Å². The van der Waals surface area contributed by atoms with Crippen molar-refractivity contribution in [1.82, 2.24) is 5.32 Å². The molecule has 2 aromatic rings. The predicted molar refractivity (Wildman–Crippen MR) is 96.7 cm³/mol. The Bertz CT molecular complexity index is 865. The van der Waals surface area contributed by atoms with E-state index in [0.29, 0.717) is 30.1 Å².